The Balaban J connectivity index is 1.69. The van der Waals surface area contributed by atoms with Crippen LogP contribution in [0.2, 0.25) is 0 Å². The highest BCUT2D eigenvalue weighted by Crippen LogP contribution is 2.33. The Kier molecular flexibility index (Phi) is 5.55. The van der Waals surface area contributed by atoms with Gasteiger partial charge in [0.25, 0.3) is 0 Å². The molecule has 1 atom stereocenters. The van der Waals surface area contributed by atoms with Crippen LogP contribution in [0.25, 0.3) is 0 Å². The van der Waals surface area contributed by atoms with Gasteiger partial charge in [0.15, 0.2) is 11.6 Å². The zero-order valence-corrected chi connectivity index (χ0v) is 16.5. The normalized spacial score (nSPS) is 15.0. The molecule has 1 unspecified atom stereocenters. The molecule has 3 aromatic carbocycles. The topological polar surface area (TPSA) is 98.7 Å². The number of carbonyl (C=O) groups excluding carboxylic acids is 2. The van der Waals surface area contributed by atoms with Crippen molar-refractivity contribution in [3.05, 3.63) is 89.5 Å². The predicted molar refractivity (Wildman–Crippen MR) is 114 cm³/mol. The van der Waals surface area contributed by atoms with Gasteiger partial charge in [0, 0.05) is 12.1 Å². The molecule has 1 aliphatic heterocycles. The molecule has 3 N–H and O–H groups in total. The van der Waals surface area contributed by atoms with E-state index in [0.29, 0.717) is 16.9 Å². The Labute approximate surface area is 181 Å². The average Bonchev–Trinajstić information content (AvgIpc) is 2.76. The van der Waals surface area contributed by atoms with Gasteiger partial charge in [-0.25, -0.2) is 18.4 Å². The van der Waals surface area contributed by atoms with Crippen LogP contribution >= 0.6 is 0 Å². The van der Waals surface area contributed by atoms with Crippen molar-refractivity contribution in [2.75, 3.05) is 15.5 Å². The average molecular weight is 437 g/mol. The highest BCUT2D eigenvalue weighted by molar-refractivity contribution is 6.14. The minimum Gasteiger partial charge on any atom is -0.478 e. The number of nitrogens with one attached hydrogen (secondary N) is 2. The van der Waals surface area contributed by atoms with E-state index in [-0.39, 0.29) is 17.7 Å². The number of carboxylic acid groups (broad SMARTS) is 1. The molecule has 7 nitrogen and oxygen atoms in total. The van der Waals surface area contributed by atoms with Gasteiger partial charge in [-0.05, 0) is 48.0 Å². The lowest BCUT2D eigenvalue weighted by Gasteiger charge is -2.36. The molecule has 0 aromatic heterocycles. The van der Waals surface area contributed by atoms with Gasteiger partial charge in [-0.3, -0.25) is 9.69 Å². The van der Waals surface area contributed by atoms with Crippen molar-refractivity contribution < 1.29 is 28.3 Å². The second-order valence-corrected chi connectivity index (χ2v) is 7.16. The summed E-state index contributed by atoms with van der Waals surface area (Å²) in [6.07, 6.45) is -0.0695. The van der Waals surface area contributed by atoms with E-state index < -0.39 is 35.6 Å². The predicted octanol–water partition coefficient (Wildman–Crippen LogP) is 4.26. The Morgan fingerprint density at radius 1 is 1.00 bits per heavy atom. The summed E-state index contributed by atoms with van der Waals surface area (Å²) < 4.78 is 27.0. The number of benzene rings is 3. The number of hydrogen-bond donors (Lipinski definition) is 3. The third kappa shape index (κ3) is 4.13. The molecule has 162 valence electrons. The molecular formula is C23H17F2N3O4. The maximum absolute atomic E-state index is 13.7. The summed E-state index contributed by atoms with van der Waals surface area (Å²) in [5, 5.41) is 14.5. The molecule has 4 rings (SSSR count). The highest BCUT2D eigenvalue weighted by Gasteiger charge is 2.37. The van der Waals surface area contributed by atoms with Crippen LogP contribution in [-0.2, 0) is 11.2 Å². The summed E-state index contributed by atoms with van der Waals surface area (Å²) in [6.45, 7) is 0. The molecule has 1 heterocycles. The first-order chi connectivity index (χ1) is 15.3. The fourth-order valence-corrected chi connectivity index (χ4v) is 3.53. The second kappa shape index (κ2) is 8.46. The summed E-state index contributed by atoms with van der Waals surface area (Å²) in [6, 6.07) is 13.9. The number of para-hydroxylation sites is 2. The first-order valence-electron chi connectivity index (χ1n) is 9.61. The number of carboxylic acids is 1. The maximum atomic E-state index is 13.7. The largest absolute Gasteiger partial charge is 0.478 e. The molecule has 9 heteroatoms. The van der Waals surface area contributed by atoms with Crippen molar-refractivity contribution in [1.82, 2.24) is 0 Å². The number of aromatic carboxylic acids is 1. The summed E-state index contributed by atoms with van der Waals surface area (Å²) in [5.41, 5.74) is 1.36. The van der Waals surface area contributed by atoms with E-state index in [9.17, 15) is 28.3 Å². The van der Waals surface area contributed by atoms with Crippen LogP contribution in [0, 0.1) is 11.6 Å². The number of nitrogens with zero attached hydrogens (tertiary/aromatic N) is 1. The van der Waals surface area contributed by atoms with E-state index in [2.05, 4.69) is 10.6 Å². The van der Waals surface area contributed by atoms with Crippen molar-refractivity contribution >= 4 is 35.0 Å². The molecule has 32 heavy (non-hydrogen) atoms. The van der Waals surface area contributed by atoms with E-state index in [4.69, 9.17) is 0 Å². The van der Waals surface area contributed by atoms with E-state index >= 15 is 0 Å². The van der Waals surface area contributed by atoms with Gasteiger partial charge in [-0.15, -0.1) is 0 Å². The van der Waals surface area contributed by atoms with Gasteiger partial charge >= 0.3 is 12.0 Å². The van der Waals surface area contributed by atoms with Gasteiger partial charge in [0.05, 0.1) is 16.9 Å². The zero-order chi connectivity index (χ0) is 22.8. The van der Waals surface area contributed by atoms with E-state index in [0.717, 1.165) is 12.1 Å². The molecule has 0 bridgehead atoms. The SMILES string of the molecule is O=C(O)c1cccc(NC(=O)N2c3ccccc3NC(=O)C2Cc2ccc(F)c(F)c2)c1. The number of rotatable bonds is 4. The third-order valence-electron chi connectivity index (χ3n) is 5.03. The molecule has 0 saturated carbocycles. The highest BCUT2D eigenvalue weighted by atomic mass is 19.2. The molecule has 3 amide bonds. The van der Waals surface area contributed by atoms with Crippen LogP contribution in [0.1, 0.15) is 15.9 Å². The van der Waals surface area contributed by atoms with Crippen molar-refractivity contribution in [1.29, 1.82) is 0 Å². The first-order valence-corrected chi connectivity index (χ1v) is 9.61. The number of anilines is 3. The van der Waals surface area contributed by atoms with Crippen LogP contribution in [0.4, 0.5) is 30.6 Å². The summed E-state index contributed by atoms with van der Waals surface area (Å²) in [4.78, 5) is 38.5. The van der Waals surface area contributed by atoms with Crippen molar-refractivity contribution in [2.24, 2.45) is 0 Å². The van der Waals surface area contributed by atoms with Crippen molar-refractivity contribution in [2.45, 2.75) is 12.5 Å². The maximum Gasteiger partial charge on any atom is 0.335 e. The second-order valence-electron chi connectivity index (χ2n) is 7.16. The number of halogens is 2. The van der Waals surface area contributed by atoms with Crippen LogP contribution in [0.3, 0.4) is 0 Å². The molecule has 0 radical (unpaired) electrons. The minimum atomic E-state index is -1.15. The standard InChI is InChI=1S/C23H17F2N3O4/c24-16-9-8-13(10-17(16)25)11-20-21(29)27-18-6-1-2-7-19(18)28(20)23(32)26-15-5-3-4-14(12-15)22(30)31/h1-10,12,20H,11H2,(H,26,32)(H,27,29)(H,30,31). The van der Waals surface area contributed by atoms with Crippen molar-refractivity contribution in [3.8, 4) is 0 Å². The molecule has 0 aliphatic carbocycles. The fraction of sp³-hybridized carbons (Fsp3) is 0.0870. The van der Waals surface area contributed by atoms with E-state index in [1.54, 1.807) is 24.3 Å². The molecule has 0 fully saturated rings. The van der Waals surface area contributed by atoms with Gasteiger partial charge in [-0.1, -0.05) is 24.3 Å². The molecule has 3 aromatic rings. The number of urea groups is 1. The van der Waals surface area contributed by atoms with Gasteiger partial charge < -0.3 is 15.7 Å². The molecule has 1 aliphatic rings. The zero-order valence-electron chi connectivity index (χ0n) is 16.5. The van der Waals surface area contributed by atoms with Gasteiger partial charge in [-0.2, -0.15) is 0 Å². The quantitative estimate of drug-likeness (QED) is 0.568. The number of amides is 3. The lowest BCUT2D eigenvalue weighted by Crippen LogP contribution is -2.53. The van der Waals surface area contributed by atoms with E-state index in [1.165, 1.54) is 35.2 Å². The first kappa shape index (κ1) is 21.0. The Hall–Kier alpha value is -4.27. The Morgan fingerprint density at radius 2 is 1.78 bits per heavy atom. The smallest absolute Gasteiger partial charge is 0.335 e. The Morgan fingerprint density at radius 3 is 2.53 bits per heavy atom. The third-order valence-corrected chi connectivity index (χ3v) is 5.03. The summed E-state index contributed by atoms with van der Waals surface area (Å²) in [5.74, 6) is -3.72. The summed E-state index contributed by atoms with van der Waals surface area (Å²) >= 11 is 0. The number of carbonyl (C=O) groups is 3. The van der Waals surface area contributed by atoms with E-state index in [1.807, 2.05) is 0 Å². The fourth-order valence-electron chi connectivity index (χ4n) is 3.53. The van der Waals surface area contributed by atoms with Crippen LogP contribution < -0.4 is 15.5 Å². The molecule has 0 spiro atoms. The van der Waals surface area contributed by atoms with Crippen molar-refractivity contribution in [3.63, 3.8) is 0 Å². The molecule has 0 saturated heterocycles. The van der Waals surface area contributed by atoms with Crippen LogP contribution in [0.15, 0.2) is 66.7 Å². The van der Waals surface area contributed by atoms with Gasteiger partial charge in [0.2, 0.25) is 5.91 Å². The Bertz CT molecular complexity index is 1230. The minimum absolute atomic E-state index is 0.0158. The lowest BCUT2D eigenvalue weighted by molar-refractivity contribution is -0.117. The van der Waals surface area contributed by atoms with Crippen LogP contribution in [-0.4, -0.2) is 29.1 Å². The number of hydrogen-bond acceptors (Lipinski definition) is 3. The summed E-state index contributed by atoms with van der Waals surface area (Å²) in [7, 11) is 0. The lowest BCUT2D eigenvalue weighted by atomic mass is 10.00. The van der Waals surface area contributed by atoms with Gasteiger partial charge in [0.1, 0.15) is 6.04 Å². The number of fused-ring (bicyclic) bond motifs is 1. The van der Waals surface area contributed by atoms with Crippen LogP contribution in [0.5, 0.6) is 0 Å². The monoisotopic (exact) mass is 437 g/mol. The molecular weight excluding hydrogens is 420 g/mol.